The molecule has 1 N–H and O–H groups in total. The number of anilines is 1. The van der Waals surface area contributed by atoms with Crippen LogP contribution in [0, 0.1) is 25.5 Å². The molecule has 0 aliphatic carbocycles. The fourth-order valence-electron chi connectivity index (χ4n) is 2.27. The molecule has 0 saturated carbocycles. The number of hydrogen-bond donors (Lipinski definition) is 1. The lowest BCUT2D eigenvalue weighted by Crippen LogP contribution is -2.32. The Kier molecular flexibility index (Phi) is 6.27. The number of aryl methyl sites for hydroxylation is 2. The summed E-state index contributed by atoms with van der Waals surface area (Å²) in [6, 6.07) is 8.30. The lowest BCUT2D eigenvalue weighted by Gasteiger charge is -2.15. The van der Waals surface area contributed by atoms with Crippen molar-refractivity contribution in [2.45, 2.75) is 26.9 Å². The summed E-state index contributed by atoms with van der Waals surface area (Å²) in [6.45, 7) is 4.67. The van der Waals surface area contributed by atoms with Crippen LogP contribution in [0.25, 0.3) is 0 Å². The topological polar surface area (TPSA) is 64.6 Å². The molecule has 7 heteroatoms. The number of carbonyl (C=O) groups excluding carboxylic acids is 2. The third-order valence-electron chi connectivity index (χ3n) is 3.61. The molecule has 138 valence electrons. The van der Waals surface area contributed by atoms with Gasteiger partial charge in [-0.25, -0.2) is 13.6 Å². The number of halogens is 2. The minimum absolute atomic E-state index is 0.203. The zero-order valence-corrected chi connectivity index (χ0v) is 14.6. The summed E-state index contributed by atoms with van der Waals surface area (Å²) in [5.41, 5.74) is 1.54. The largest absolute Gasteiger partial charge is 0.481 e. The summed E-state index contributed by atoms with van der Waals surface area (Å²) in [4.78, 5) is 23.8. The Morgan fingerprint density at radius 3 is 2.38 bits per heavy atom. The van der Waals surface area contributed by atoms with E-state index < -0.39 is 29.6 Å². The molecule has 0 aliphatic heterocycles. The average molecular weight is 363 g/mol. The second-order valence-electron chi connectivity index (χ2n) is 5.76. The number of hydrogen-bond acceptors (Lipinski definition) is 4. The van der Waals surface area contributed by atoms with Gasteiger partial charge in [-0.05, 0) is 44.0 Å². The normalized spacial score (nSPS) is 11.6. The highest BCUT2D eigenvalue weighted by atomic mass is 19.1. The maximum absolute atomic E-state index is 13.5. The molecule has 0 aromatic heterocycles. The molecule has 2 aromatic carbocycles. The highest BCUT2D eigenvalue weighted by Crippen LogP contribution is 2.22. The molecule has 1 atom stereocenters. The maximum atomic E-state index is 13.5. The van der Waals surface area contributed by atoms with E-state index in [0.29, 0.717) is 11.8 Å². The van der Waals surface area contributed by atoms with Crippen LogP contribution in [-0.2, 0) is 14.3 Å². The van der Waals surface area contributed by atoms with Gasteiger partial charge in [0.1, 0.15) is 17.4 Å². The van der Waals surface area contributed by atoms with Gasteiger partial charge in [-0.3, -0.25) is 4.79 Å². The first-order valence-electron chi connectivity index (χ1n) is 7.92. The molecule has 0 fully saturated rings. The number of carbonyl (C=O) groups is 2. The highest BCUT2D eigenvalue weighted by Gasteiger charge is 2.20. The minimum atomic E-state index is -1.17. The second-order valence-corrected chi connectivity index (χ2v) is 5.76. The first-order chi connectivity index (χ1) is 12.3. The van der Waals surface area contributed by atoms with E-state index in [1.165, 1.54) is 6.92 Å². The van der Waals surface area contributed by atoms with Crippen molar-refractivity contribution in [3.8, 4) is 5.75 Å². The SMILES string of the molecule is Cc1cccc(C)c1OCC(=O)O[C@H](C)C(=O)Nc1ccc(F)cc1F. The molecule has 0 radical (unpaired) electrons. The monoisotopic (exact) mass is 363 g/mol. The summed E-state index contributed by atoms with van der Waals surface area (Å²) >= 11 is 0. The summed E-state index contributed by atoms with van der Waals surface area (Å²) in [7, 11) is 0. The fraction of sp³-hybridized carbons (Fsp3) is 0.263. The van der Waals surface area contributed by atoms with Gasteiger partial charge in [0.2, 0.25) is 0 Å². The van der Waals surface area contributed by atoms with Crippen LogP contribution in [-0.4, -0.2) is 24.6 Å². The van der Waals surface area contributed by atoms with Crippen LogP contribution in [0.2, 0.25) is 0 Å². The summed E-state index contributed by atoms with van der Waals surface area (Å²) in [5.74, 6) is -2.58. The Morgan fingerprint density at radius 2 is 1.77 bits per heavy atom. The highest BCUT2D eigenvalue weighted by molar-refractivity contribution is 5.95. The number of ether oxygens (including phenoxy) is 2. The average Bonchev–Trinajstić information content (AvgIpc) is 2.56. The summed E-state index contributed by atoms with van der Waals surface area (Å²) < 4.78 is 36.8. The quantitative estimate of drug-likeness (QED) is 0.798. The Morgan fingerprint density at radius 1 is 1.12 bits per heavy atom. The summed E-state index contributed by atoms with van der Waals surface area (Å²) in [5, 5.41) is 2.24. The van der Waals surface area contributed by atoms with Gasteiger partial charge in [0.15, 0.2) is 12.7 Å². The lowest BCUT2D eigenvalue weighted by molar-refractivity contribution is -0.155. The van der Waals surface area contributed by atoms with Gasteiger partial charge in [0.05, 0.1) is 5.69 Å². The van der Waals surface area contributed by atoms with Gasteiger partial charge >= 0.3 is 5.97 Å². The van der Waals surface area contributed by atoms with E-state index in [2.05, 4.69) is 5.32 Å². The van der Waals surface area contributed by atoms with E-state index in [4.69, 9.17) is 9.47 Å². The molecular formula is C19H19F2NO4. The number of para-hydroxylation sites is 1. The molecule has 1 amide bonds. The number of esters is 1. The number of rotatable bonds is 6. The van der Waals surface area contributed by atoms with Gasteiger partial charge in [-0.2, -0.15) is 0 Å². The molecule has 0 spiro atoms. The molecule has 0 unspecified atom stereocenters. The van der Waals surface area contributed by atoms with Crippen LogP contribution in [0.5, 0.6) is 5.75 Å². The molecule has 5 nitrogen and oxygen atoms in total. The van der Waals surface area contributed by atoms with Crippen molar-refractivity contribution in [2.24, 2.45) is 0 Å². The van der Waals surface area contributed by atoms with Crippen LogP contribution in [0.3, 0.4) is 0 Å². The number of nitrogens with one attached hydrogen (secondary N) is 1. The van der Waals surface area contributed by atoms with E-state index in [1.54, 1.807) is 0 Å². The Hall–Kier alpha value is -2.96. The third-order valence-corrected chi connectivity index (χ3v) is 3.61. The van der Waals surface area contributed by atoms with Crippen molar-refractivity contribution in [2.75, 3.05) is 11.9 Å². The van der Waals surface area contributed by atoms with Crippen LogP contribution in [0.15, 0.2) is 36.4 Å². The Bertz CT molecular complexity index is 803. The lowest BCUT2D eigenvalue weighted by atomic mass is 10.1. The zero-order chi connectivity index (χ0) is 19.3. The minimum Gasteiger partial charge on any atom is -0.481 e. The van der Waals surface area contributed by atoms with Gasteiger partial charge in [-0.15, -0.1) is 0 Å². The number of amides is 1. The molecule has 0 saturated heterocycles. The second kappa shape index (κ2) is 8.42. The van der Waals surface area contributed by atoms with E-state index in [9.17, 15) is 18.4 Å². The van der Waals surface area contributed by atoms with Gasteiger partial charge in [0, 0.05) is 6.07 Å². The fourth-order valence-corrected chi connectivity index (χ4v) is 2.27. The Labute approximate surface area is 149 Å². The van der Waals surface area contributed by atoms with E-state index in [0.717, 1.165) is 23.3 Å². The standard InChI is InChI=1S/C19H19F2NO4/c1-11-5-4-6-12(2)18(11)25-10-17(23)26-13(3)19(24)22-16-8-7-14(20)9-15(16)21/h4-9,13H,10H2,1-3H3,(H,22,24)/t13-/m1/s1. The summed E-state index contributed by atoms with van der Waals surface area (Å²) in [6.07, 6.45) is -1.17. The van der Waals surface area contributed by atoms with E-state index in [-0.39, 0.29) is 12.3 Å². The van der Waals surface area contributed by atoms with Crippen molar-refractivity contribution in [3.05, 3.63) is 59.2 Å². The molecule has 0 heterocycles. The molecule has 2 aromatic rings. The first-order valence-corrected chi connectivity index (χ1v) is 7.92. The third kappa shape index (κ3) is 5.02. The van der Waals surface area contributed by atoms with Crippen molar-refractivity contribution < 1.29 is 27.8 Å². The van der Waals surface area contributed by atoms with Crippen LogP contribution < -0.4 is 10.1 Å². The smallest absolute Gasteiger partial charge is 0.344 e. The zero-order valence-electron chi connectivity index (χ0n) is 14.6. The molecule has 0 bridgehead atoms. The van der Waals surface area contributed by atoms with Crippen LogP contribution in [0.4, 0.5) is 14.5 Å². The molecular weight excluding hydrogens is 344 g/mol. The van der Waals surface area contributed by atoms with Crippen molar-refractivity contribution in [3.63, 3.8) is 0 Å². The van der Waals surface area contributed by atoms with Crippen LogP contribution in [0.1, 0.15) is 18.1 Å². The van der Waals surface area contributed by atoms with Crippen molar-refractivity contribution in [1.82, 2.24) is 0 Å². The maximum Gasteiger partial charge on any atom is 0.344 e. The Balaban J connectivity index is 1.89. The number of benzene rings is 2. The first kappa shape index (κ1) is 19.4. The van der Waals surface area contributed by atoms with Gasteiger partial charge in [0.25, 0.3) is 5.91 Å². The van der Waals surface area contributed by atoms with E-state index >= 15 is 0 Å². The predicted molar refractivity (Wildman–Crippen MR) is 92.0 cm³/mol. The van der Waals surface area contributed by atoms with E-state index in [1.807, 2.05) is 32.0 Å². The van der Waals surface area contributed by atoms with Crippen molar-refractivity contribution >= 4 is 17.6 Å². The molecule has 2 rings (SSSR count). The predicted octanol–water partition coefficient (Wildman–Crippen LogP) is 3.53. The van der Waals surface area contributed by atoms with Crippen LogP contribution >= 0.6 is 0 Å². The van der Waals surface area contributed by atoms with Gasteiger partial charge in [-0.1, -0.05) is 18.2 Å². The molecule has 26 heavy (non-hydrogen) atoms. The van der Waals surface area contributed by atoms with Gasteiger partial charge < -0.3 is 14.8 Å². The molecule has 0 aliphatic rings. The van der Waals surface area contributed by atoms with Crippen molar-refractivity contribution in [1.29, 1.82) is 0 Å².